The number of halogens is 4. The minimum atomic E-state index is -4.40. The average molecular weight is 445 g/mol. The number of anilines is 2. The minimum Gasteiger partial charge on any atom is -0.363 e. The van der Waals surface area contributed by atoms with Gasteiger partial charge in [0.05, 0.1) is 11.1 Å². The number of nitrogens with one attached hydrogen (secondary N) is 1. The van der Waals surface area contributed by atoms with Gasteiger partial charge in [0.15, 0.2) is 11.6 Å². The van der Waals surface area contributed by atoms with E-state index < -0.39 is 23.1 Å². The van der Waals surface area contributed by atoms with Crippen LogP contribution in [0.15, 0.2) is 48.9 Å². The van der Waals surface area contributed by atoms with E-state index in [2.05, 4.69) is 20.3 Å². The molecule has 0 bridgehead atoms. The number of aromatic nitrogens is 3. The summed E-state index contributed by atoms with van der Waals surface area (Å²) in [5.74, 6) is -0.394. The number of hydrogen-bond donors (Lipinski definition) is 1. The summed E-state index contributed by atoms with van der Waals surface area (Å²) in [5.41, 5.74) is 1.06. The van der Waals surface area contributed by atoms with Crippen LogP contribution < -0.4 is 10.2 Å². The molecule has 3 heterocycles. The van der Waals surface area contributed by atoms with Crippen molar-refractivity contribution in [2.75, 3.05) is 16.8 Å². The Morgan fingerprint density at radius 2 is 1.81 bits per heavy atom. The van der Waals surface area contributed by atoms with Gasteiger partial charge in [-0.3, -0.25) is 4.98 Å². The van der Waals surface area contributed by atoms with Crippen LogP contribution in [0.3, 0.4) is 0 Å². The molecule has 1 aromatic carbocycles. The number of aryl methyl sites for hydroxylation is 1. The molecule has 0 saturated carbocycles. The first kappa shape index (κ1) is 22.0. The average Bonchev–Trinajstić information content (AvgIpc) is 3.16. The first-order chi connectivity index (χ1) is 15.2. The van der Waals surface area contributed by atoms with Crippen LogP contribution in [0.5, 0.6) is 0 Å². The van der Waals surface area contributed by atoms with Crippen molar-refractivity contribution in [2.45, 2.75) is 44.9 Å². The third-order valence-electron chi connectivity index (χ3n) is 5.93. The summed E-state index contributed by atoms with van der Waals surface area (Å²) in [5, 5.41) is 2.99. The van der Waals surface area contributed by atoms with Gasteiger partial charge in [0.2, 0.25) is 5.82 Å². The van der Waals surface area contributed by atoms with Gasteiger partial charge in [-0.1, -0.05) is 18.2 Å². The van der Waals surface area contributed by atoms with Gasteiger partial charge in [0.25, 0.3) is 0 Å². The third kappa shape index (κ3) is 4.24. The molecular formula is C23H23F4N5. The van der Waals surface area contributed by atoms with Crippen LogP contribution in [0.2, 0.25) is 0 Å². The zero-order valence-electron chi connectivity index (χ0n) is 17.7. The molecule has 32 heavy (non-hydrogen) atoms. The largest absolute Gasteiger partial charge is 0.416 e. The van der Waals surface area contributed by atoms with E-state index in [4.69, 9.17) is 0 Å². The molecule has 2 aromatic heterocycles. The first-order valence-electron chi connectivity index (χ1n) is 10.3. The Balaban J connectivity index is 1.59. The summed E-state index contributed by atoms with van der Waals surface area (Å²) in [6, 6.07) is 8.83. The fourth-order valence-electron chi connectivity index (χ4n) is 4.08. The second-order valence-electron chi connectivity index (χ2n) is 8.13. The summed E-state index contributed by atoms with van der Waals surface area (Å²) >= 11 is 0. The van der Waals surface area contributed by atoms with E-state index >= 15 is 4.39 Å². The Kier molecular flexibility index (Phi) is 5.75. The van der Waals surface area contributed by atoms with Crippen LogP contribution in [-0.2, 0) is 18.3 Å². The van der Waals surface area contributed by atoms with Crippen molar-refractivity contribution < 1.29 is 17.6 Å². The van der Waals surface area contributed by atoms with Gasteiger partial charge in [-0.15, -0.1) is 0 Å². The van der Waals surface area contributed by atoms with Gasteiger partial charge in [-0.05, 0) is 56.0 Å². The quantitative estimate of drug-likeness (QED) is 0.528. The van der Waals surface area contributed by atoms with Crippen LogP contribution in [0.25, 0.3) is 0 Å². The summed E-state index contributed by atoms with van der Waals surface area (Å²) < 4.78 is 54.3. The highest BCUT2D eigenvalue weighted by molar-refractivity contribution is 5.55. The van der Waals surface area contributed by atoms with Crippen LogP contribution in [0, 0.1) is 12.7 Å². The van der Waals surface area contributed by atoms with Crippen molar-refractivity contribution in [1.82, 2.24) is 15.0 Å². The van der Waals surface area contributed by atoms with E-state index in [1.165, 1.54) is 18.5 Å². The van der Waals surface area contributed by atoms with Gasteiger partial charge in [-0.25, -0.2) is 9.97 Å². The Labute approximate surface area is 183 Å². The molecule has 0 amide bonds. The minimum absolute atomic E-state index is 0.0669. The monoisotopic (exact) mass is 445 g/mol. The van der Waals surface area contributed by atoms with Gasteiger partial charge < -0.3 is 10.2 Å². The van der Waals surface area contributed by atoms with Crippen molar-refractivity contribution in [1.29, 1.82) is 0 Å². The van der Waals surface area contributed by atoms with E-state index in [1.807, 2.05) is 30.9 Å². The van der Waals surface area contributed by atoms with Crippen LogP contribution in [0.4, 0.5) is 29.2 Å². The van der Waals surface area contributed by atoms with E-state index in [0.29, 0.717) is 25.1 Å². The fraction of sp³-hybridized carbons (Fsp3) is 0.348. The van der Waals surface area contributed by atoms with E-state index in [1.54, 1.807) is 6.20 Å². The van der Waals surface area contributed by atoms with Gasteiger partial charge >= 0.3 is 6.18 Å². The molecule has 1 aliphatic rings. The zero-order chi connectivity index (χ0) is 22.9. The fourth-order valence-corrected chi connectivity index (χ4v) is 4.08. The topological polar surface area (TPSA) is 53.9 Å². The van der Waals surface area contributed by atoms with Crippen molar-refractivity contribution in [3.63, 3.8) is 0 Å². The lowest BCUT2D eigenvalue weighted by Crippen LogP contribution is -2.40. The molecular weight excluding hydrogens is 422 g/mol. The molecule has 0 aliphatic carbocycles. The highest BCUT2D eigenvalue weighted by Crippen LogP contribution is 2.43. The van der Waals surface area contributed by atoms with Gasteiger partial charge in [0, 0.05) is 25.0 Å². The van der Waals surface area contributed by atoms with Crippen LogP contribution in [-0.4, -0.2) is 21.5 Å². The van der Waals surface area contributed by atoms with Crippen molar-refractivity contribution in [3.05, 3.63) is 77.1 Å². The lowest BCUT2D eigenvalue weighted by atomic mass is 9.88. The normalized spacial score (nSPS) is 18.8. The standard InChI is InChI=1S/C23H23F4N5/c1-15-4-5-16(12-28-15)13-29-20-19(24)21(31-14-30-20)32-11-3-10-22(32,2)17-6-8-18(9-7-17)23(25,26)27/h4-9,12,14H,3,10-11,13H2,1-2H3,(H,29,30,31). The highest BCUT2D eigenvalue weighted by Gasteiger charge is 2.41. The molecule has 1 unspecified atom stereocenters. The van der Waals surface area contributed by atoms with Crippen molar-refractivity contribution in [3.8, 4) is 0 Å². The molecule has 9 heteroatoms. The Hall–Kier alpha value is -3.23. The Bertz CT molecular complexity index is 1080. The van der Waals surface area contributed by atoms with Crippen molar-refractivity contribution >= 4 is 11.6 Å². The molecule has 1 fully saturated rings. The predicted octanol–water partition coefficient (Wildman–Crippen LogP) is 5.47. The number of rotatable bonds is 5. The van der Waals surface area contributed by atoms with E-state index in [0.717, 1.165) is 29.8 Å². The van der Waals surface area contributed by atoms with Gasteiger partial charge in [-0.2, -0.15) is 17.6 Å². The van der Waals surface area contributed by atoms with E-state index in [9.17, 15) is 13.2 Å². The summed E-state index contributed by atoms with van der Waals surface area (Å²) in [4.78, 5) is 14.2. The predicted molar refractivity (Wildman–Crippen MR) is 114 cm³/mol. The molecule has 3 aromatic rings. The molecule has 1 atom stereocenters. The molecule has 0 radical (unpaired) electrons. The molecule has 4 rings (SSSR count). The maximum absolute atomic E-state index is 15.4. The smallest absolute Gasteiger partial charge is 0.363 e. The SMILES string of the molecule is Cc1ccc(CNc2ncnc(N3CCCC3(C)c3ccc(C(F)(F)F)cc3)c2F)cn1. The molecule has 1 N–H and O–H groups in total. The molecule has 1 saturated heterocycles. The molecule has 1 aliphatic heterocycles. The number of nitrogens with zero attached hydrogens (tertiary/aromatic N) is 4. The number of pyridine rings is 1. The molecule has 0 spiro atoms. The Morgan fingerprint density at radius 3 is 2.47 bits per heavy atom. The highest BCUT2D eigenvalue weighted by atomic mass is 19.4. The third-order valence-corrected chi connectivity index (χ3v) is 5.93. The lowest BCUT2D eigenvalue weighted by molar-refractivity contribution is -0.137. The van der Waals surface area contributed by atoms with Crippen LogP contribution in [0.1, 0.15) is 42.1 Å². The number of benzene rings is 1. The van der Waals surface area contributed by atoms with Crippen molar-refractivity contribution in [2.24, 2.45) is 0 Å². The summed E-state index contributed by atoms with van der Waals surface area (Å²) in [6.07, 6.45) is 0.0313. The maximum atomic E-state index is 15.4. The number of alkyl halides is 3. The van der Waals surface area contributed by atoms with Gasteiger partial charge in [0.1, 0.15) is 6.33 Å². The van der Waals surface area contributed by atoms with Crippen LogP contribution >= 0.6 is 0 Å². The lowest BCUT2D eigenvalue weighted by Gasteiger charge is -2.37. The molecule has 5 nitrogen and oxygen atoms in total. The maximum Gasteiger partial charge on any atom is 0.416 e. The first-order valence-corrected chi connectivity index (χ1v) is 10.3. The summed E-state index contributed by atoms with van der Waals surface area (Å²) in [7, 11) is 0. The Morgan fingerprint density at radius 1 is 1.06 bits per heavy atom. The van der Waals surface area contributed by atoms with E-state index in [-0.39, 0.29) is 11.6 Å². The number of hydrogen-bond acceptors (Lipinski definition) is 5. The zero-order valence-corrected chi connectivity index (χ0v) is 17.7. The second-order valence-corrected chi connectivity index (χ2v) is 8.13. The summed E-state index contributed by atoms with van der Waals surface area (Å²) in [6.45, 7) is 4.66. The second kappa shape index (κ2) is 8.37. The molecule has 168 valence electrons.